The van der Waals surface area contributed by atoms with Crippen molar-refractivity contribution < 1.29 is 9.94 Å². The van der Waals surface area contributed by atoms with Crippen molar-refractivity contribution in [2.24, 2.45) is 5.92 Å². The number of halogens is 1. The SMILES string of the molecule is OC[C@@H]1CCC[C@]23CCC[C@H](ON12)[C@H]3/C=C\I. The summed E-state index contributed by atoms with van der Waals surface area (Å²) >= 11 is 2.31. The molecular formula is C13H20INO2. The quantitative estimate of drug-likeness (QED) is 0.778. The van der Waals surface area contributed by atoms with Crippen LogP contribution in [-0.4, -0.2) is 34.5 Å². The lowest BCUT2D eigenvalue weighted by molar-refractivity contribution is -0.227. The van der Waals surface area contributed by atoms with Crippen LogP contribution in [0.4, 0.5) is 0 Å². The third kappa shape index (κ3) is 1.79. The van der Waals surface area contributed by atoms with Crippen LogP contribution in [0, 0.1) is 5.92 Å². The van der Waals surface area contributed by atoms with Crippen LogP contribution >= 0.6 is 22.6 Å². The Morgan fingerprint density at radius 3 is 2.82 bits per heavy atom. The van der Waals surface area contributed by atoms with E-state index in [-0.39, 0.29) is 18.2 Å². The summed E-state index contributed by atoms with van der Waals surface area (Å²) in [5.74, 6) is 0.530. The fraction of sp³-hybridized carbons (Fsp3) is 0.846. The number of hydrogen-bond acceptors (Lipinski definition) is 3. The molecule has 3 fully saturated rings. The molecule has 4 heteroatoms. The highest BCUT2D eigenvalue weighted by Crippen LogP contribution is 2.53. The second-order valence-corrected chi connectivity index (χ2v) is 6.26. The summed E-state index contributed by atoms with van der Waals surface area (Å²) < 4.78 is 2.14. The Labute approximate surface area is 116 Å². The zero-order valence-electron chi connectivity index (χ0n) is 10.0. The lowest BCUT2D eigenvalue weighted by atomic mass is 9.67. The Balaban J connectivity index is 1.95. The highest BCUT2D eigenvalue weighted by atomic mass is 127. The summed E-state index contributed by atoms with van der Waals surface area (Å²) in [6.45, 7) is 0.231. The van der Waals surface area contributed by atoms with E-state index in [9.17, 15) is 5.11 Å². The molecule has 1 spiro atoms. The average molecular weight is 349 g/mol. The van der Waals surface area contributed by atoms with Crippen molar-refractivity contribution in [2.75, 3.05) is 6.61 Å². The zero-order chi connectivity index (χ0) is 11.9. The molecule has 0 unspecified atom stereocenters. The summed E-state index contributed by atoms with van der Waals surface area (Å²) in [7, 11) is 0. The standard InChI is InChI=1S/C13H20INO2/c14-8-5-11-12-4-2-7-13(11)6-1-3-10(9-16)15(13)17-12/h5,8,10-12,16H,1-4,6-7,9H2/b8-5-/t10-,11+,12-,13+/m0/s1. The maximum absolute atomic E-state index is 9.53. The van der Waals surface area contributed by atoms with E-state index in [1.807, 2.05) is 0 Å². The first-order valence-electron chi connectivity index (χ1n) is 6.66. The minimum Gasteiger partial charge on any atom is -0.395 e. The van der Waals surface area contributed by atoms with Gasteiger partial charge in [-0.2, -0.15) is 5.06 Å². The Bertz CT molecular complexity index is 319. The highest BCUT2D eigenvalue weighted by Gasteiger charge is 2.58. The predicted octanol–water partition coefficient (Wildman–Crippen LogP) is 2.63. The van der Waals surface area contributed by atoms with Crippen LogP contribution in [0.1, 0.15) is 38.5 Å². The average Bonchev–Trinajstić information content (AvgIpc) is 2.54. The molecule has 1 saturated carbocycles. The molecule has 0 aromatic rings. The van der Waals surface area contributed by atoms with Crippen LogP contribution < -0.4 is 0 Å². The molecule has 1 N–H and O–H groups in total. The van der Waals surface area contributed by atoms with Crippen molar-refractivity contribution in [2.45, 2.75) is 56.2 Å². The van der Waals surface area contributed by atoms with Crippen molar-refractivity contribution in [3.05, 3.63) is 10.2 Å². The predicted molar refractivity (Wildman–Crippen MR) is 74.7 cm³/mol. The van der Waals surface area contributed by atoms with Crippen molar-refractivity contribution >= 4 is 22.6 Å². The normalized spacial score (nSPS) is 46.4. The van der Waals surface area contributed by atoms with Gasteiger partial charge < -0.3 is 5.11 Å². The van der Waals surface area contributed by atoms with E-state index in [0.717, 1.165) is 6.42 Å². The first kappa shape index (κ1) is 12.4. The maximum atomic E-state index is 9.53. The van der Waals surface area contributed by atoms with Crippen LogP contribution in [0.3, 0.4) is 0 Å². The first-order chi connectivity index (χ1) is 8.31. The van der Waals surface area contributed by atoms with Gasteiger partial charge in [-0.05, 0) is 42.6 Å². The molecule has 0 aromatic heterocycles. The fourth-order valence-corrected chi connectivity index (χ4v) is 4.53. The van der Waals surface area contributed by atoms with Crippen LogP contribution in [0.5, 0.6) is 0 Å². The fourth-order valence-electron chi connectivity index (χ4n) is 4.09. The van der Waals surface area contributed by atoms with E-state index in [0.29, 0.717) is 12.0 Å². The zero-order valence-corrected chi connectivity index (χ0v) is 12.2. The molecule has 3 nitrogen and oxygen atoms in total. The summed E-state index contributed by atoms with van der Waals surface area (Å²) in [6, 6.07) is 0.219. The van der Waals surface area contributed by atoms with Gasteiger partial charge in [-0.15, -0.1) is 0 Å². The number of aliphatic hydroxyl groups excluding tert-OH is 1. The molecule has 0 amide bonds. The molecule has 0 aromatic carbocycles. The largest absolute Gasteiger partial charge is 0.395 e. The third-order valence-corrected chi connectivity index (χ3v) is 5.19. The number of fused-ring (bicyclic) bond motifs is 1. The van der Waals surface area contributed by atoms with Gasteiger partial charge in [-0.25, -0.2) is 0 Å². The third-order valence-electron chi connectivity index (χ3n) is 4.78. The summed E-state index contributed by atoms with van der Waals surface area (Å²) in [4.78, 5) is 6.17. The van der Waals surface area contributed by atoms with E-state index in [4.69, 9.17) is 4.84 Å². The molecule has 3 aliphatic rings. The van der Waals surface area contributed by atoms with Crippen LogP contribution in [0.2, 0.25) is 0 Å². The number of rotatable bonds is 2. The maximum Gasteiger partial charge on any atom is 0.0875 e. The molecule has 17 heavy (non-hydrogen) atoms. The lowest BCUT2D eigenvalue weighted by Gasteiger charge is -2.47. The highest BCUT2D eigenvalue weighted by molar-refractivity contribution is 14.1. The van der Waals surface area contributed by atoms with Gasteiger partial charge in [0.05, 0.1) is 24.3 Å². The van der Waals surface area contributed by atoms with Gasteiger partial charge in [-0.3, -0.25) is 4.84 Å². The molecule has 0 radical (unpaired) electrons. The molecule has 96 valence electrons. The number of piperidine rings is 1. The molecule has 2 aliphatic heterocycles. The Morgan fingerprint density at radius 1 is 1.35 bits per heavy atom. The van der Waals surface area contributed by atoms with Crippen molar-refractivity contribution in [3.8, 4) is 0 Å². The summed E-state index contributed by atoms with van der Waals surface area (Å²) in [5.41, 5.74) is 0.191. The van der Waals surface area contributed by atoms with Gasteiger partial charge in [-0.1, -0.05) is 28.7 Å². The second-order valence-electron chi connectivity index (χ2n) is 5.54. The van der Waals surface area contributed by atoms with Crippen LogP contribution in [0.15, 0.2) is 10.2 Å². The number of hydrogen-bond donors (Lipinski definition) is 1. The van der Waals surface area contributed by atoms with E-state index < -0.39 is 0 Å². The molecule has 2 saturated heterocycles. The minimum atomic E-state index is 0.191. The van der Waals surface area contributed by atoms with E-state index in [1.54, 1.807) is 0 Å². The molecule has 4 atom stereocenters. The van der Waals surface area contributed by atoms with Crippen molar-refractivity contribution in [1.82, 2.24) is 5.06 Å². The molecule has 2 bridgehead atoms. The van der Waals surface area contributed by atoms with E-state index >= 15 is 0 Å². The molecule has 2 heterocycles. The number of hydroxylamine groups is 2. The topological polar surface area (TPSA) is 32.7 Å². The molecule has 1 aliphatic carbocycles. The Morgan fingerprint density at radius 2 is 2.12 bits per heavy atom. The smallest absolute Gasteiger partial charge is 0.0875 e. The monoisotopic (exact) mass is 349 g/mol. The van der Waals surface area contributed by atoms with Gasteiger partial charge in [0.15, 0.2) is 0 Å². The first-order valence-corrected chi connectivity index (χ1v) is 7.90. The Hall–Kier alpha value is 0.350. The van der Waals surface area contributed by atoms with Crippen molar-refractivity contribution in [3.63, 3.8) is 0 Å². The summed E-state index contributed by atoms with van der Waals surface area (Å²) in [6.07, 6.45) is 9.87. The van der Waals surface area contributed by atoms with E-state index in [1.165, 1.54) is 32.1 Å². The van der Waals surface area contributed by atoms with Gasteiger partial charge in [0.2, 0.25) is 0 Å². The van der Waals surface area contributed by atoms with Crippen molar-refractivity contribution in [1.29, 1.82) is 0 Å². The van der Waals surface area contributed by atoms with Gasteiger partial charge in [0.25, 0.3) is 0 Å². The second kappa shape index (κ2) is 4.79. The minimum absolute atomic E-state index is 0.191. The lowest BCUT2D eigenvalue weighted by Crippen LogP contribution is -2.56. The van der Waals surface area contributed by atoms with Gasteiger partial charge in [0, 0.05) is 5.92 Å². The Kier molecular flexibility index (Phi) is 3.49. The number of nitrogens with zero attached hydrogens (tertiary/aromatic N) is 1. The van der Waals surface area contributed by atoms with Crippen LogP contribution in [0.25, 0.3) is 0 Å². The summed E-state index contributed by atoms with van der Waals surface area (Å²) in [5, 5.41) is 11.7. The number of aliphatic hydroxyl groups is 1. The molecule has 3 rings (SSSR count). The molecular weight excluding hydrogens is 329 g/mol. The van der Waals surface area contributed by atoms with Gasteiger partial charge >= 0.3 is 0 Å². The van der Waals surface area contributed by atoms with Gasteiger partial charge in [0.1, 0.15) is 0 Å². The van der Waals surface area contributed by atoms with Crippen LogP contribution in [-0.2, 0) is 4.84 Å². The van der Waals surface area contributed by atoms with E-state index in [2.05, 4.69) is 37.8 Å².